The summed E-state index contributed by atoms with van der Waals surface area (Å²) in [6, 6.07) is 0. The molecule has 0 spiro atoms. The van der Waals surface area contributed by atoms with Gasteiger partial charge >= 0.3 is 5.97 Å². The van der Waals surface area contributed by atoms with Gasteiger partial charge in [0.15, 0.2) is 0 Å². The van der Waals surface area contributed by atoms with Gasteiger partial charge in [0.25, 0.3) is 0 Å². The Morgan fingerprint density at radius 1 is 1.54 bits per heavy atom. The third kappa shape index (κ3) is 5.00. The first-order valence-electron chi connectivity index (χ1n) is 4.38. The number of ether oxygens (including phenoxy) is 1. The highest BCUT2D eigenvalue weighted by molar-refractivity contribution is 7.80. The fraction of sp³-hybridized carbons (Fsp3) is 0.875. The predicted octanol–water partition coefficient (Wildman–Crippen LogP) is 0.987. The summed E-state index contributed by atoms with van der Waals surface area (Å²) in [5.74, 6) is -0.635. The van der Waals surface area contributed by atoms with Gasteiger partial charge in [0.2, 0.25) is 0 Å². The molecule has 0 aliphatic heterocycles. The summed E-state index contributed by atoms with van der Waals surface area (Å²) in [7, 11) is 0. The zero-order valence-electron chi connectivity index (χ0n) is 7.95. The first-order valence-corrected chi connectivity index (χ1v) is 5.52. The summed E-state index contributed by atoms with van der Waals surface area (Å²) in [4.78, 5) is 11.1. The number of hydrogen-bond acceptors (Lipinski definition) is 4. The minimum atomic E-state index is -2.36. The van der Waals surface area contributed by atoms with Crippen molar-refractivity contribution in [3.05, 3.63) is 0 Å². The average molecular weight is 207 g/mol. The van der Waals surface area contributed by atoms with Crippen molar-refractivity contribution in [1.82, 2.24) is 0 Å². The lowest BCUT2D eigenvalue weighted by atomic mass is 10.3. The lowest BCUT2D eigenvalue weighted by Gasteiger charge is -2.16. The van der Waals surface area contributed by atoms with Crippen LogP contribution in [0, 0.1) is 0 Å². The first kappa shape index (κ1) is 12.6. The Morgan fingerprint density at radius 2 is 2.15 bits per heavy atom. The van der Waals surface area contributed by atoms with E-state index in [1.165, 1.54) is 0 Å². The van der Waals surface area contributed by atoms with Crippen LogP contribution in [0.3, 0.4) is 0 Å². The molecule has 0 aromatic rings. The van der Waals surface area contributed by atoms with Crippen molar-refractivity contribution in [1.29, 1.82) is 0 Å². The number of carbonyl (C=O) groups excluding carboxylic acids is 1. The van der Waals surface area contributed by atoms with Gasteiger partial charge in [-0.3, -0.25) is 9.00 Å². The number of rotatable bonds is 6. The van der Waals surface area contributed by atoms with Gasteiger partial charge in [0.1, 0.15) is 5.25 Å². The van der Waals surface area contributed by atoms with Crippen LogP contribution in [0.1, 0.15) is 33.1 Å². The van der Waals surface area contributed by atoms with Gasteiger partial charge in [-0.15, -0.1) is 0 Å². The van der Waals surface area contributed by atoms with E-state index in [9.17, 15) is 13.6 Å². The molecule has 0 rings (SSSR count). The quantitative estimate of drug-likeness (QED) is 0.370. The summed E-state index contributed by atoms with van der Waals surface area (Å²) >= 11 is -2.36. The van der Waals surface area contributed by atoms with Gasteiger partial charge in [-0.05, 0) is 23.9 Å². The number of carbonyl (C=O) groups is 1. The van der Waals surface area contributed by atoms with Gasteiger partial charge in [0.05, 0.1) is 6.61 Å². The fourth-order valence-electron chi connectivity index (χ4n) is 0.791. The molecule has 0 saturated carbocycles. The van der Waals surface area contributed by atoms with Crippen molar-refractivity contribution in [2.75, 3.05) is 6.61 Å². The van der Waals surface area contributed by atoms with E-state index in [0.717, 1.165) is 12.8 Å². The van der Waals surface area contributed by atoms with E-state index >= 15 is 0 Å². The molecule has 2 atom stereocenters. The van der Waals surface area contributed by atoms with Crippen LogP contribution in [0.4, 0.5) is 0 Å². The molecule has 0 radical (unpaired) electrons. The predicted molar refractivity (Wildman–Crippen MR) is 48.9 cm³/mol. The minimum absolute atomic E-state index is 0.265. The molecule has 0 saturated heterocycles. The molecule has 0 aromatic heterocycles. The van der Waals surface area contributed by atoms with Crippen molar-refractivity contribution in [2.24, 2.45) is 0 Å². The maximum atomic E-state index is 11.1. The molecular formula is C8H15O4S-. The maximum Gasteiger partial charge on any atom is 0.320 e. The third-order valence-corrected chi connectivity index (χ3v) is 2.60. The molecule has 0 N–H and O–H groups in total. The van der Waals surface area contributed by atoms with Gasteiger partial charge in [-0.2, -0.15) is 0 Å². The molecule has 2 unspecified atom stereocenters. The molecule has 0 heterocycles. The Kier molecular flexibility index (Phi) is 6.80. The lowest BCUT2D eigenvalue weighted by molar-refractivity contribution is -0.143. The molecule has 0 aliphatic rings. The molecule has 0 bridgehead atoms. The summed E-state index contributed by atoms with van der Waals surface area (Å²) in [5.41, 5.74) is 0. The highest BCUT2D eigenvalue weighted by Gasteiger charge is 2.18. The normalized spacial score (nSPS) is 15.0. The maximum absolute atomic E-state index is 11.1. The van der Waals surface area contributed by atoms with Crippen LogP contribution in [0.2, 0.25) is 0 Å². The van der Waals surface area contributed by atoms with Crippen LogP contribution in [0.15, 0.2) is 0 Å². The van der Waals surface area contributed by atoms with E-state index in [1.807, 2.05) is 6.92 Å². The zero-order chi connectivity index (χ0) is 10.3. The highest BCUT2D eigenvalue weighted by atomic mass is 32.2. The molecule has 0 amide bonds. The summed E-state index contributed by atoms with van der Waals surface area (Å²) < 4.78 is 25.8. The van der Waals surface area contributed by atoms with Gasteiger partial charge in [-0.1, -0.05) is 20.3 Å². The van der Waals surface area contributed by atoms with Crippen LogP contribution in [-0.4, -0.2) is 26.6 Å². The summed E-state index contributed by atoms with van der Waals surface area (Å²) in [6.07, 6.45) is 1.96. The van der Waals surface area contributed by atoms with Gasteiger partial charge in [-0.25, -0.2) is 0 Å². The van der Waals surface area contributed by atoms with Gasteiger partial charge < -0.3 is 9.29 Å². The SMILES string of the molecule is CCCCOC(=O)C(CC)S(=O)[O-]. The standard InChI is InChI=1S/C8H16O4S/c1-3-5-6-12-8(9)7(4-2)13(10)11/h7H,3-6H2,1-2H3,(H,10,11)/p-1. The molecule has 0 fully saturated rings. The summed E-state index contributed by atoms with van der Waals surface area (Å²) in [5, 5.41) is -1.00. The van der Waals surface area contributed by atoms with Crippen LogP contribution < -0.4 is 0 Å². The van der Waals surface area contributed by atoms with Crippen LogP contribution in [0.25, 0.3) is 0 Å². The average Bonchev–Trinajstić information content (AvgIpc) is 2.05. The third-order valence-electron chi connectivity index (χ3n) is 1.61. The number of esters is 1. The zero-order valence-corrected chi connectivity index (χ0v) is 8.76. The number of hydrogen-bond donors (Lipinski definition) is 0. The van der Waals surface area contributed by atoms with Crippen molar-refractivity contribution in [3.8, 4) is 0 Å². The molecular weight excluding hydrogens is 192 g/mol. The first-order chi connectivity index (χ1) is 6.13. The van der Waals surface area contributed by atoms with Crippen molar-refractivity contribution in [3.63, 3.8) is 0 Å². The Balaban J connectivity index is 3.85. The van der Waals surface area contributed by atoms with E-state index < -0.39 is 22.3 Å². The van der Waals surface area contributed by atoms with Crippen molar-refractivity contribution < 1.29 is 18.3 Å². The minimum Gasteiger partial charge on any atom is -0.772 e. The number of unbranched alkanes of at least 4 members (excludes halogenated alkanes) is 1. The van der Waals surface area contributed by atoms with E-state index in [1.54, 1.807) is 6.92 Å². The van der Waals surface area contributed by atoms with Crippen molar-refractivity contribution in [2.45, 2.75) is 38.4 Å². The summed E-state index contributed by atoms with van der Waals surface area (Å²) in [6.45, 7) is 3.92. The molecule has 5 heteroatoms. The van der Waals surface area contributed by atoms with E-state index in [4.69, 9.17) is 4.74 Å². The molecule has 78 valence electrons. The topological polar surface area (TPSA) is 66.4 Å². The Hall–Kier alpha value is -0.420. The van der Waals surface area contributed by atoms with E-state index in [0.29, 0.717) is 6.61 Å². The highest BCUT2D eigenvalue weighted by Crippen LogP contribution is 2.03. The Morgan fingerprint density at radius 3 is 2.54 bits per heavy atom. The second kappa shape index (κ2) is 7.03. The van der Waals surface area contributed by atoms with Crippen LogP contribution in [-0.2, 0) is 20.6 Å². The Labute approximate surface area is 80.9 Å². The molecule has 0 aromatic carbocycles. The Bertz CT molecular complexity index is 181. The van der Waals surface area contributed by atoms with Crippen LogP contribution >= 0.6 is 0 Å². The van der Waals surface area contributed by atoms with E-state index in [-0.39, 0.29) is 6.42 Å². The molecule has 13 heavy (non-hydrogen) atoms. The second-order valence-electron chi connectivity index (χ2n) is 2.68. The van der Waals surface area contributed by atoms with Crippen LogP contribution in [0.5, 0.6) is 0 Å². The van der Waals surface area contributed by atoms with Crippen molar-refractivity contribution >= 4 is 17.0 Å². The second-order valence-corrected chi connectivity index (χ2v) is 3.77. The van der Waals surface area contributed by atoms with Gasteiger partial charge in [0, 0.05) is 0 Å². The van der Waals surface area contributed by atoms with E-state index in [2.05, 4.69) is 0 Å². The lowest BCUT2D eigenvalue weighted by Crippen LogP contribution is -2.27. The smallest absolute Gasteiger partial charge is 0.320 e. The molecule has 0 aliphatic carbocycles. The molecule has 4 nitrogen and oxygen atoms in total. The largest absolute Gasteiger partial charge is 0.772 e. The monoisotopic (exact) mass is 207 g/mol. The fourth-order valence-corrected chi connectivity index (χ4v) is 1.29.